The molecule has 0 radical (unpaired) electrons. The van der Waals surface area contributed by atoms with Gasteiger partial charge in [0.1, 0.15) is 5.15 Å². The van der Waals surface area contributed by atoms with E-state index >= 15 is 0 Å². The maximum Gasteiger partial charge on any atom is 0.286 e. The average molecular weight is 429 g/mol. The molecule has 8 heteroatoms. The molecule has 1 aromatic heterocycles. The molecule has 0 bridgehead atoms. The first-order valence-corrected chi connectivity index (χ1v) is 10.1. The zero-order valence-electron chi connectivity index (χ0n) is 16.3. The second-order valence-corrected chi connectivity index (χ2v) is 7.96. The van der Waals surface area contributed by atoms with Crippen LogP contribution in [0.2, 0.25) is 5.15 Å². The van der Waals surface area contributed by atoms with Crippen LogP contribution in [0.3, 0.4) is 0 Å². The first kappa shape index (κ1) is 21.0. The summed E-state index contributed by atoms with van der Waals surface area (Å²) in [6, 6.07) is 16.9. The fourth-order valence-electron chi connectivity index (χ4n) is 2.70. The molecule has 0 saturated heterocycles. The number of carbonyl (C=O) groups excluding carboxylic acids is 2. The number of aryl methyl sites for hydroxylation is 1. The van der Waals surface area contributed by atoms with Crippen molar-refractivity contribution in [1.29, 1.82) is 0 Å². The Kier molecular flexibility index (Phi) is 6.61. The van der Waals surface area contributed by atoms with Crippen molar-refractivity contribution in [3.05, 3.63) is 76.6 Å². The molecular formula is C21H21ClN4O2S. The highest BCUT2D eigenvalue weighted by molar-refractivity contribution is 8.13. The summed E-state index contributed by atoms with van der Waals surface area (Å²) in [4.78, 5) is 27.1. The number of hydrogen-bond acceptors (Lipinski definition) is 4. The molecule has 0 spiro atoms. The van der Waals surface area contributed by atoms with Crippen LogP contribution < -0.4 is 5.32 Å². The summed E-state index contributed by atoms with van der Waals surface area (Å²) in [6.07, 6.45) is 0. The van der Waals surface area contributed by atoms with Crippen molar-refractivity contribution in [3.63, 3.8) is 0 Å². The fourth-order valence-corrected chi connectivity index (χ4v) is 3.77. The number of rotatable bonds is 5. The normalized spacial score (nSPS) is 10.6. The third-order valence-electron chi connectivity index (χ3n) is 4.17. The Balaban J connectivity index is 1.83. The van der Waals surface area contributed by atoms with Crippen molar-refractivity contribution in [2.45, 2.75) is 18.4 Å². The second-order valence-electron chi connectivity index (χ2n) is 6.61. The lowest BCUT2D eigenvalue weighted by atomic mass is 10.2. The minimum Gasteiger partial charge on any atom is -0.339 e. The van der Waals surface area contributed by atoms with Crippen LogP contribution in [0, 0.1) is 6.92 Å². The number of benzene rings is 2. The smallest absolute Gasteiger partial charge is 0.286 e. The number of hydrogen-bond donors (Lipinski definition) is 1. The monoisotopic (exact) mass is 428 g/mol. The van der Waals surface area contributed by atoms with Gasteiger partial charge in [-0.15, -0.1) is 0 Å². The predicted molar refractivity (Wildman–Crippen MR) is 117 cm³/mol. The minimum absolute atomic E-state index is 0.128. The van der Waals surface area contributed by atoms with Gasteiger partial charge < -0.3 is 10.2 Å². The SMILES string of the molecule is Cc1nn(Cc2ccccc2)c(Cl)c1C(=O)Nc1ccccc1SC(=O)N(C)C. The van der Waals surface area contributed by atoms with Crippen molar-refractivity contribution in [1.82, 2.24) is 14.7 Å². The third-order valence-corrected chi connectivity index (χ3v) is 5.67. The molecule has 0 fully saturated rings. The number of anilines is 1. The van der Waals surface area contributed by atoms with E-state index in [1.54, 1.807) is 43.9 Å². The molecule has 1 N–H and O–H groups in total. The number of thioether (sulfide) groups is 1. The van der Waals surface area contributed by atoms with Gasteiger partial charge in [-0.25, -0.2) is 4.68 Å². The highest BCUT2D eigenvalue weighted by Gasteiger charge is 2.22. The van der Waals surface area contributed by atoms with Crippen LogP contribution in [-0.4, -0.2) is 39.9 Å². The van der Waals surface area contributed by atoms with Gasteiger partial charge in [0.2, 0.25) is 0 Å². The maximum absolute atomic E-state index is 12.9. The maximum atomic E-state index is 12.9. The summed E-state index contributed by atoms with van der Waals surface area (Å²) in [6.45, 7) is 2.22. The summed E-state index contributed by atoms with van der Waals surface area (Å²) in [7, 11) is 3.36. The van der Waals surface area contributed by atoms with Gasteiger partial charge in [0.25, 0.3) is 11.1 Å². The Labute approximate surface area is 178 Å². The molecule has 0 aliphatic rings. The van der Waals surface area contributed by atoms with Crippen LogP contribution in [0.15, 0.2) is 59.5 Å². The van der Waals surface area contributed by atoms with Crippen molar-refractivity contribution in [2.75, 3.05) is 19.4 Å². The number of nitrogens with zero attached hydrogens (tertiary/aromatic N) is 3. The molecule has 0 aliphatic carbocycles. The van der Waals surface area contributed by atoms with Crippen molar-refractivity contribution in [3.8, 4) is 0 Å². The Bertz CT molecular complexity index is 1030. The van der Waals surface area contributed by atoms with E-state index in [-0.39, 0.29) is 16.3 Å². The highest BCUT2D eigenvalue weighted by Crippen LogP contribution is 2.30. The van der Waals surface area contributed by atoms with E-state index in [1.165, 1.54) is 4.90 Å². The molecule has 3 aromatic rings. The number of aromatic nitrogens is 2. The summed E-state index contributed by atoms with van der Waals surface area (Å²) >= 11 is 7.53. The fraction of sp³-hybridized carbons (Fsp3) is 0.190. The molecule has 6 nitrogen and oxygen atoms in total. The standard InChI is InChI=1S/C21H21ClN4O2S/c1-14-18(19(22)26(24-14)13-15-9-5-4-6-10-15)20(27)23-16-11-7-8-12-17(16)29-21(28)25(2)3/h4-12H,13H2,1-3H3,(H,23,27). The van der Waals surface area contributed by atoms with Gasteiger partial charge in [0, 0.05) is 19.0 Å². The Morgan fingerprint density at radius 1 is 1.10 bits per heavy atom. The highest BCUT2D eigenvalue weighted by atomic mass is 35.5. The summed E-state index contributed by atoms with van der Waals surface area (Å²) in [5.74, 6) is -0.364. The molecular weight excluding hydrogens is 408 g/mol. The van der Waals surface area contributed by atoms with Crippen LogP contribution in [-0.2, 0) is 6.54 Å². The number of carbonyl (C=O) groups is 2. The van der Waals surface area contributed by atoms with Crippen molar-refractivity contribution in [2.24, 2.45) is 0 Å². The number of amides is 2. The van der Waals surface area contributed by atoms with E-state index < -0.39 is 0 Å². The molecule has 1 heterocycles. The van der Waals surface area contributed by atoms with E-state index in [9.17, 15) is 9.59 Å². The molecule has 2 amide bonds. The lowest BCUT2D eigenvalue weighted by Gasteiger charge is -2.13. The largest absolute Gasteiger partial charge is 0.339 e. The van der Waals surface area contributed by atoms with E-state index in [0.717, 1.165) is 17.3 Å². The van der Waals surface area contributed by atoms with E-state index in [2.05, 4.69) is 10.4 Å². The minimum atomic E-state index is -0.364. The zero-order valence-corrected chi connectivity index (χ0v) is 17.9. The zero-order chi connectivity index (χ0) is 21.0. The van der Waals surface area contributed by atoms with E-state index in [1.807, 2.05) is 36.4 Å². The average Bonchev–Trinajstić information content (AvgIpc) is 2.97. The van der Waals surface area contributed by atoms with Crippen LogP contribution in [0.5, 0.6) is 0 Å². The van der Waals surface area contributed by atoms with Crippen LogP contribution >= 0.6 is 23.4 Å². The van der Waals surface area contributed by atoms with Gasteiger partial charge in [-0.3, -0.25) is 9.59 Å². The Hall–Kier alpha value is -2.77. The summed E-state index contributed by atoms with van der Waals surface area (Å²) < 4.78 is 1.61. The first-order valence-electron chi connectivity index (χ1n) is 8.93. The lowest BCUT2D eigenvalue weighted by Crippen LogP contribution is -2.17. The van der Waals surface area contributed by atoms with Gasteiger partial charge in [0.05, 0.1) is 23.5 Å². The van der Waals surface area contributed by atoms with Gasteiger partial charge in [-0.1, -0.05) is 54.1 Å². The first-order chi connectivity index (χ1) is 13.9. The van der Waals surface area contributed by atoms with Gasteiger partial charge in [-0.05, 0) is 36.4 Å². The number of nitrogens with one attached hydrogen (secondary N) is 1. The van der Waals surface area contributed by atoms with Gasteiger partial charge in [0.15, 0.2) is 0 Å². The lowest BCUT2D eigenvalue weighted by molar-refractivity contribution is 0.102. The summed E-state index contributed by atoms with van der Waals surface area (Å²) in [5.41, 5.74) is 2.44. The number of halogens is 1. The molecule has 2 aromatic carbocycles. The molecule has 150 valence electrons. The van der Waals surface area contributed by atoms with Gasteiger partial charge >= 0.3 is 0 Å². The number of para-hydroxylation sites is 1. The summed E-state index contributed by atoms with van der Waals surface area (Å²) in [5, 5.41) is 7.43. The molecule has 0 aliphatic heterocycles. The topological polar surface area (TPSA) is 67.2 Å². The van der Waals surface area contributed by atoms with Crippen LogP contribution in [0.4, 0.5) is 10.5 Å². The van der Waals surface area contributed by atoms with Crippen molar-refractivity contribution >= 4 is 40.2 Å². The van der Waals surface area contributed by atoms with Crippen LogP contribution in [0.1, 0.15) is 21.6 Å². The molecule has 3 rings (SSSR count). The molecule has 0 unspecified atom stereocenters. The van der Waals surface area contributed by atoms with Crippen molar-refractivity contribution < 1.29 is 9.59 Å². The molecule has 0 atom stereocenters. The predicted octanol–water partition coefficient (Wildman–Crippen LogP) is 4.92. The quantitative estimate of drug-likeness (QED) is 0.586. The third kappa shape index (κ3) is 4.99. The molecule has 29 heavy (non-hydrogen) atoms. The van der Waals surface area contributed by atoms with Gasteiger partial charge in [-0.2, -0.15) is 5.10 Å². The second kappa shape index (κ2) is 9.15. The molecule has 0 saturated carbocycles. The van der Waals surface area contributed by atoms with E-state index in [0.29, 0.717) is 28.4 Å². The van der Waals surface area contributed by atoms with Crippen LogP contribution in [0.25, 0.3) is 0 Å². The Morgan fingerprint density at radius 2 is 1.76 bits per heavy atom. The Morgan fingerprint density at radius 3 is 2.45 bits per heavy atom. The van der Waals surface area contributed by atoms with E-state index in [4.69, 9.17) is 11.6 Å².